The van der Waals surface area contributed by atoms with Gasteiger partial charge in [0, 0.05) is 37.7 Å². The molecule has 1 aliphatic heterocycles. The van der Waals surface area contributed by atoms with Crippen molar-refractivity contribution in [2.75, 3.05) is 18.4 Å². The van der Waals surface area contributed by atoms with Gasteiger partial charge in [0.25, 0.3) is 5.92 Å². The molecule has 0 bridgehead atoms. The van der Waals surface area contributed by atoms with E-state index in [0.717, 1.165) is 0 Å². The lowest BCUT2D eigenvalue weighted by Crippen LogP contribution is -2.42. The van der Waals surface area contributed by atoms with Crippen LogP contribution in [0.5, 0.6) is 0 Å². The zero-order chi connectivity index (χ0) is 9.90. The largest absolute Gasteiger partial charge is 0.342 e. The molecule has 0 unspecified atom stereocenters. The Balaban J connectivity index is 2.36. The first kappa shape index (κ1) is 10.9. The number of alkyl halides is 3. The number of hydrogen-bond acceptors (Lipinski definition) is 1. The molecule has 0 N–H and O–H groups in total. The van der Waals surface area contributed by atoms with Gasteiger partial charge in [0.2, 0.25) is 5.91 Å². The quantitative estimate of drug-likeness (QED) is 0.692. The van der Waals surface area contributed by atoms with Crippen LogP contribution in [0.2, 0.25) is 0 Å². The van der Waals surface area contributed by atoms with Crippen LogP contribution in [-0.4, -0.2) is 35.1 Å². The first-order chi connectivity index (χ1) is 6.05. The van der Waals surface area contributed by atoms with Crippen LogP contribution in [0.15, 0.2) is 0 Å². The molecule has 0 spiro atoms. The van der Waals surface area contributed by atoms with Crippen LogP contribution in [0.3, 0.4) is 0 Å². The van der Waals surface area contributed by atoms with E-state index in [1.807, 2.05) is 0 Å². The highest BCUT2D eigenvalue weighted by atomic mass is 79.9. The zero-order valence-electron chi connectivity index (χ0n) is 7.23. The number of likely N-dealkylation sites (tertiary alicyclic amines) is 1. The molecular weight excluding hydrogens is 244 g/mol. The van der Waals surface area contributed by atoms with Gasteiger partial charge in [0.1, 0.15) is 0 Å². The molecule has 0 aromatic carbocycles. The number of carbonyl (C=O) groups excluding carboxylic acids is 1. The number of amides is 1. The summed E-state index contributed by atoms with van der Waals surface area (Å²) in [5.41, 5.74) is 0. The van der Waals surface area contributed by atoms with E-state index in [4.69, 9.17) is 0 Å². The second kappa shape index (κ2) is 4.35. The molecule has 1 fully saturated rings. The summed E-state index contributed by atoms with van der Waals surface area (Å²) < 4.78 is 25.4. The molecule has 1 heterocycles. The second-order valence-electron chi connectivity index (χ2n) is 3.18. The number of piperidine rings is 1. The summed E-state index contributed by atoms with van der Waals surface area (Å²) in [5.74, 6) is -2.60. The fraction of sp³-hybridized carbons (Fsp3) is 0.875. The summed E-state index contributed by atoms with van der Waals surface area (Å²) >= 11 is 3.14. The minimum absolute atomic E-state index is 0.0348. The molecular formula is C8H12BrF2NO. The van der Waals surface area contributed by atoms with Crippen molar-refractivity contribution in [3.63, 3.8) is 0 Å². The van der Waals surface area contributed by atoms with Crippen molar-refractivity contribution in [1.29, 1.82) is 0 Å². The van der Waals surface area contributed by atoms with E-state index in [9.17, 15) is 13.6 Å². The molecule has 1 aliphatic rings. The fourth-order valence-electron chi connectivity index (χ4n) is 1.32. The zero-order valence-corrected chi connectivity index (χ0v) is 8.82. The Morgan fingerprint density at radius 2 is 1.92 bits per heavy atom. The Kier molecular flexibility index (Phi) is 3.64. The van der Waals surface area contributed by atoms with Gasteiger partial charge >= 0.3 is 0 Å². The van der Waals surface area contributed by atoms with Crippen LogP contribution in [-0.2, 0) is 4.79 Å². The SMILES string of the molecule is O=C(CCBr)N1CCC(F)(F)CC1. The van der Waals surface area contributed by atoms with Crippen molar-refractivity contribution in [1.82, 2.24) is 4.90 Å². The minimum atomic E-state index is -2.56. The van der Waals surface area contributed by atoms with Gasteiger partial charge in [-0.05, 0) is 0 Å². The molecule has 76 valence electrons. The maximum absolute atomic E-state index is 12.7. The first-order valence-electron chi connectivity index (χ1n) is 4.27. The third-order valence-corrected chi connectivity index (χ3v) is 2.55. The van der Waals surface area contributed by atoms with E-state index in [1.54, 1.807) is 0 Å². The summed E-state index contributed by atoms with van der Waals surface area (Å²) in [5, 5.41) is 0.596. The molecule has 0 aromatic rings. The number of rotatable bonds is 2. The average Bonchev–Trinajstić information content (AvgIpc) is 2.04. The molecule has 1 saturated heterocycles. The van der Waals surface area contributed by atoms with Crippen molar-refractivity contribution >= 4 is 21.8 Å². The maximum atomic E-state index is 12.7. The second-order valence-corrected chi connectivity index (χ2v) is 3.97. The van der Waals surface area contributed by atoms with Crippen LogP contribution in [0, 0.1) is 0 Å². The number of carbonyl (C=O) groups is 1. The minimum Gasteiger partial charge on any atom is -0.342 e. The van der Waals surface area contributed by atoms with Crippen molar-refractivity contribution < 1.29 is 13.6 Å². The van der Waals surface area contributed by atoms with Gasteiger partial charge < -0.3 is 4.90 Å². The van der Waals surface area contributed by atoms with Gasteiger partial charge in [0.05, 0.1) is 0 Å². The van der Waals surface area contributed by atoms with E-state index in [2.05, 4.69) is 15.9 Å². The Morgan fingerprint density at radius 3 is 2.38 bits per heavy atom. The van der Waals surface area contributed by atoms with E-state index in [1.165, 1.54) is 4.90 Å². The van der Waals surface area contributed by atoms with Gasteiger partial charge in [0.15, 0.2) is 0 Å². The summed E-state index contributed by atoms with van der Waals surface area (Å²) in [6.45, 7) is 0.387. The highest BCUT2D eigenvalue weighted by Gasteiger charge is 2.35. The highest BCUT2D eigenvalue weighted by Crippen LogP contribution is 2.27. The molecule has 5 heteroatoms. The van der Waals surface area contributed by atoms with Crippen LogP contribution in [0.25, 0.3) is 0 Å². The third-order valence-electron chi connectivity index (χ3n) is 2.16. The lowest BCUT2D eigenvalue weighted by molar-refractivity contribution is -0.136. The Labute approximate surface area is 84.4 Å². The Morgan fingerprint density at radius 1 is 1.38 bits per heavy atom. The summed E-state index contributed by atoms with van der Waals surface area (Å²) in [4.78, 5) is 12.8. The van der Waals surface area contributed by atoms with Crippen LogP contribution in [0.1, 0.15) is 19.3 Å². The topological polar surface area (TPSA) is 20.3 Å². The molecule has 0 saturated carbocycles. The summed E-state index contributed by atoms with van der Waals surface area (Å²) in [6.07, 6.45) is 0.00756. The Bertz CT molecular complexity index is 189. The lowest BCUT2D eigenvalue weighted by Gasteiger charge is -2.31. The van der Waals surface area contributed by atoms with Gasteiger partial charge in [-0.1, -0.05) is 15.9 Å². The van der Waals surface area contributed by atoms with Crippen LogP contribution < -0.4 is 0 Å². The smallest absolute Gasteiger partial charge is 0.251 e. The number of hydrogen-bond donors (Lipinski definition) is 0. The molecule has 1 amide bonds. The van der Waals surface area contributed by atoms with Crippen molar-refractivity contribution in [2.24, 2.45) is 0 Å². The predicted octanol–water partition coefficient (Wildman–Crippen LogP) is 2.03. The molecule has 13 heavy (non-hydrogen) atoms. The van der Waals surface area contributed by atoms with E-state index < -0.39 is 5.92 Å². The van der Waals surface area contributed by atoms with Crippen molar-refractivity contribution in [3.05, 3.63) is 0 Å². The van der Waals surface area contributed by atoms with Crippen molar-refractivity contribution in [2.45, 2.75) is 25.2 Å². The first-order valence-corrected chi connectivity index (χ1v) is 5.39. The van der Waals surface area contributed by atoms with Gasteiger partial charge in [-0.25, -0.2) is 8.78 Å². The summed E-state index contributed by atoms with van der Waals surface area (Å²) in [7, 11) is 0. The van der Waals surface area contributed by atoms with Gasteiger partial charge in [-0.15, -0.1) is 0 Å². The number of nitrogens with zero attached hydrogens (tertiary/aromatic N) is 1. The molecule has 0 aromatic heterocycles. The molecule has 0 atom stereocenters. The molecule has 0 radical (unpaired) electrons. The lowest BCUT2D eigenvalue weighted by atomic mass is 10.1. The maximum Gasteiger partial charge on any atom is 0.251 e. The van der Waals surface area contributed by atoms with Crippen LogP contribution in [0.4, 0.5) is 8.78 Å². The van der Waals surface area contributed by atoms with E-state index in [0.29, 0.717) is 11.8 Å². The van der Waals surface area contributed by atoms with Gasteiger partial charge in [-0.3, -0.25) is 4.79 Å². The third kappa shape index (κ3) is 3.21. The number of halogens is 3. The monoisotopic (exact) mass is 255 g/mol. The van der Waals surface area contributed by atoms with Crippen molar-refractivity contribution in [3.8, 4) is 0 Å². The Hall–Kier alpha value is -0.190. The predicted molar refractivity (Wildman–Crippen MR) is 49.2 cm³/mol. The van der Waals surface area contributed by atoms with Gasteiger partial charge in [-0.2, -0.15) is 0 Å². The standard InChI is InChI=1S/C8H12BrF2NO/c9-4-1-7(13)12-5-2-8(10,11)3-6-12/h1-6H2. The normalized spacial score (nSPS) is 21.6. The summed E-state index contributed by atoms with van der Waals surface area (Å²) in [6, 6.07) is 0. The fourth-order valence-corrected chi connectivity index (χ4v) is 1.66. The van der Waals surface area contributed by atoms with E-state index >= 15 is 0 Å². The van der Waals surface area contributed by atoms with Crippen LogP contribution >= 0.6 is 15.9 Å². The average molecular weight is 256 g/mol. The molecule has 2 nitrogen and oxygen atoms in total. The van der Waals surface area contributed by atoms with E-state index in [-0.39, 0.29) is 31.8 Å². The molecule has 0 aliphatic carbocycles. The highest BCUT2D eigenvalue weighted by molar-refractivity contribution is 9.09. The molecule has 1 rings (SSSR count).